The molecular weight excluding hydrogens is 526 g/mol. The maximum atomic E-state index is 13.3. The fourth-order valence-corrected chi connectivity index (χ4v) is 7.73. The molecule has 0 radical (unpaired) electrons. The molecule has 3 aromatic rings. The van der Waals surface area contributed by atoms with Gasteiger partial charge in [-0.3, -0.25) is 14.9 Å². The maximum absolute atomic E-state index is 13.3. The second kappa shape index (κ2) is 11.3. The Morgan fingerprint density at radius 2 is 1.85 bits per heavy atom. The van der Waals surface area contributed by atoms with Gasteiger partial charge in [-0.05, 0) is 60.4 Å². The molecule has 9 heteroatoms. The van der Waals surface area contributed by atoms with E-state index in [1.807, 2.05) is 37.3 Å². The minimum Gasteiger partial charge on any atom is -0.497 e. The van der Waals surface area contributed by atoms with Crippen molar-refractivity contribution in [1.82, 2.24) is 10.3 Å². The summed E-state index contributed by atoms with van der Waals surface area (Å²) in [5.74, 6) is 0.0390. The molecule has 5 atom stereocenters. The van der Waals surface area contributed by atoms with Crippen molar-refractivity contribution in [2.45, 2.75) is 58.1 Å². The number of nitrogens with one attached hydrogen (secondary N) is 2. The number of rotatable bonds is 8. The van der Waals surface area contributed by atoms with Crippen LogP contribution in [0, 0.1) is 16.7 Å². The SMILES string of the molecule is COc1ccc(C(=O)Nc2nc3c(s2)C[C@@H]2[C@](C)(CO)[C@H](O)CC[C@@]2(C)[C@@H]3CC(=O)NCc2ccccc2)cc1. The predicted octanol–water partition coefficient (Wildman–Crippen LogP) is 4.53. The summed E-state index contributed by atoms with van der Waals surface area (Å²) in [6, 6.07) is 16.7. The molecule has 2 aromatic carbocycles. The Hall–Kier alpha value is -3.27. The van der Waals surface area contributed by atoms with Gasteiger partial charge in [0.05, 0.1) is 25.5 Å². The Morgan fingerprint density at radius 3 is 2.52 bits per heavy atom. The van der Waals surface area contributed by atoms with Gasteiger partial charge >= 0.3 is 0 Å². The summed E-state index contributed by atoms with van der Waals surface area (Å²) >= 11 is 1.41. The summed E-state index contributed by atoms with van der Waals surface area (Å²) in [4.78, 5) is 32.2. The van der Waals surface area contributed by atoms with E-state index in [0.717, 1.165) is 22.6 Å². The van der Waals surface area contributed by atoms with Gasteiger partial charge in [0.1, 0.15) is 5.75 Å². The molecule has 1 aromatic heterocycles. The molecule has 0 unspecified atom stereocenters. The summed E-state index contributed by atoms with van der Waals surface area (Å²) in [5.41, 5.74) is 1.27. The summed E-state index contributed by atoms with van der Waals surface area (Å²) < 4.78 is 5.19. The van der Waals surface area contributed by atoms with Crippen LogP contribution in [0.2, 0.25) is 0 Å². The molecule has 2 amide bonds. The normalized spacial score (nSPS) is 27.3. The average Bonchev–Trinajstić information content (AvgIpc) is 3.37. The lowest BCUT2D eigenvalue weighted by atomic mass is 9.47. The first-order valence-corrected chi connectivity index (χ1v) is 14.5. The lowest BCUT2D eigenvalue weighted by Gasteiger charge is -2.58. The summed E-state index contributed by atoms with van der Waals surface area (Å²) in [6.07, 6.45) is 1.49. The number of benzene rings is 2. The van der Waals surface area contributed by atoms with Gasteiger partial charge < -0.3 is 20.3 Å². The summed E-state index contributed by atoms with van der Waals surface area (Å²) in [5, 5.41) is 27.9. The van der Waals surface area contributed by atoms with Crippen LogP contribution in [0.15, 0.2) is 54.6 Å². The number of aliphatic hydroxyl groups is 2. The van der Waals surface area contributed by atoms with Crippen LogP contribution in [0.4, 0.5) is 5.13 Å². The molecule has 1 fully saturated rings. The number of carbonyl (C=O) groups excluding carboxylic acids is 2. The lowest BCUT2D eigenvalue weighted by molar-refractivity contribution is -0.144. The zero-order valence-corrected chi connectivity index (χ0v) is 24.0. The number of thiazole rings is 1. The third kappa shape index (κ3) is 5.25. The highest BCUT2D eigenvalue weighted by molar-refractivity contribution is 7.15. The summed E-state index contributed by atoms with van der Waals surface area (Å²) in [6.45, 7) is 4.42. The Balaban J connectivity index is 1.44. The lowest BCUT2D eigenvalue weighted by Crippen LogP contribution is -2.57. The zero-order chi connectivity index (χ0) is 28.5. The Kier molecular flexibility index (Phi) is 7.99. The average molecular weight is 564 g/mol. The Bertz CT molecular complexity index is 1360. The first-order valence-electron chi connectivity index (χ1n) is 13.7. The molecule has 2 aliphatic rings. The first kappa shape index (κ1) is 28.3. The molecule has 1 heterocycles. The van der Waals surface area contributed by atoms with E-state index >= 15 is 0 Å². The van der Waals surface area contributed by atoms with Crippen molar-refractivity contribution < 1.29 is 24.5 Å². The highest BCUT2D eigenvalue weighted by atomic mass is 32.1. The number of fused-ring (bicyclic) bond motifs is 2. The molecule has 212 valence electrons. The molecule has 0 bridgehead atoms. The van der Waals surface area contributed by atoms with Gasteiger partial charge in [-0.2, -0.15) is 0 Å². The number of ether oxygens (including phenoxy) is 1. The van der Waals surface area contributed by atoms with Crippen molar-refractivity contribution >= 4 is 28.3 Å². The van der Waals surface area contributed by atoms with E-state index in [1.165, 1.54) is 11.3 Å². The Morgan fingerprint density at radius 1 is 1.12 bits per heavy atom. The van der Waals surface area contributed by atoms with Crippen molar-refractivity contribution in [3.63, 3.8) is 0 Å². The molecule has 4 N–H and O–H groups in total. The van der Waals surface area contributed by atoms with Crippen molar-refractivity contribution in [2.24, 2.45) is 16.7 Å². The minimum absolute atomic E-state index is 0.0567. The molecule has 8 nitrogen and oxygen atoms in total. The van der Waals surface area contributed by atoms with E-state index < -0.39 is 11.5 Å². The van der Waals surface area contributed by atoms with E-state index in [2.05, 4.69) is 17.6 Å². The van der Waals surface area contributed by atoms with Crippen LogP contribution >= 0.6 is 11.3 Å². The number of hydrogen-bond acceptors (Lipinski definition) is 7. The van der Waals surface area contributed by atoms with E-state index in [0.29, 0.717) is 35.8 Å². The number of aromatic nitrogens is 1. The molecule has 0 saturated heterocycles. The molecule has 40 heavy (non-hydrogen) atoms. The quantitative estimate of drug-likeness (QED) is 0.320. The third-order valence-electron chi connectivity index (χ3n) is 9.19. The first-order chi connectivity index (χ1) is 19.2. The third-order valence-corrected chi connectivity index (χ3v) is 10.2. The molecular formula is C31H37N3O5S. The Labute approximate surface area is 238 Å². The van der Waals surface area contributed by atoms with E-state index in [4.69, 9.17) is 9.72 Å². The van der Waals surface area contributed by atoms with Crippen molar-refractivity contribution in [3.05, 3.63) is 76.3 Å². The van der Waals surface area contributed by atoms with Crippen LogP contribution in [0.5, 0.6) is 5.75 Å². The number of hydrogen-bond donors (Lipinski definition) is 4. The van der Waals surface area contributed by atoms with Crippen LogP contribution in [0.3, 0.4) is 0 Å². The highest BCUT2D eigenvalue weighted by Gasteiger charge is 2.59. The van der Waals surface area contributed by atoms with Crippen LogP contribution in [-0.4, -0.2) is 46.8 Å². The molecule has 0 aliphatic heterocycles. The number of methoxy groups -OCH3 is 1. The zero-order valence-electron chi connectivity index (χ0n) is 23.1. The van der Waals surface area contributed by atoms with Gasteiger partial charge in [-0.1, -0.05) is 44.2 Å². The van der Waals surface area contributed by atoms with Crippen molar-refractivity contribution in [3.8, 4) is 5.75 Å². The molecule has 1 saturated carbocycles. The van der Waals surface area contributed by atoms with Crippen molar-refractivity contribution in [1.29, 1.82) is 0 Å². The number of aliphatic hydroxyl groups excluding tert-OH is 2. The summed E-state index contributed by atoms with van der Waals surface area (Å²) in [7, 11) is 1.58. The molecule has 2 aliphatic carbocycles. The van der Waals surface area contributed by atoms with Crippen LogP contribution in [0.1, 0.15) is 65.5 Å². The predicted molar refractivity (Wildman–Crippen MR) is 154 cm³/mol. The van der Waals surface area contributed by atoms with Crippen molar-refractivity contribution in [2.75, 3.05) is 19.0 Å². The fraction of sp³-hybridized carbons (Fsp3) is 0.452. The topological polar surface area (TPSA) is 121 Å². The molecule has 5 rings (SSSR count). The van der Waals surface area contributed by atoms with Crippen LogP contribution < -0.4 is 15.4 Å². The fourth-order valence-electron chi connectivity index (χ4n) is 6.66. The minimum atomic E-state index is -0.708. The standard InChI is InChI=1S/C31H37N3O5S/c1-30-14-13-25(36)31(2,18-35)24(30)16-23-27(22(30)15-26(37)32-17-19-7-5-4-6-8-19)33-29(40-23)34-28(38)20-9-11-21(39-3)12-10-20/h4-12,22,24-25,35-36H,13-18H2,1-3H3,(H,32,37)(H,33,34,38)/t22-,24+,25-,30+,31+/m1/s1. The smallest absolute Gasteiger partial charge is 0.257 e. The van der Waals surface area contributed by atoms with Gasteiger partial charge in [-0.15, -0.1) is 11.3 Å². The number of carbonyl (C=O) groups is 2. The van der Waals surface area contributed by atoms with E-state index in [9.17, 15) is 19.8 Å². The van der Waals surface area contributed by atoms with Gasteiger partial charge in [0.2, 0.25) is 5.91 Å². The molecule has 0 spiro atoms. The van der Waals surface area contributed by atoms with Gasteiger partial charge in [0.15, 0.2) is 5.13 Å². The second-order valence-electron chi connectivity index (χ2n) is 11.5. The van der Waals surface area contributed by atoms with E-state index in [1.54, 1.807) is 31.4 Å². The van der Waals surface area contributed by atoms with Gasteiger partial charge in [0, 0.05) is 34.7 Å². The van der Waals surface area contributed by atoms with Gasteiger partial charge in [0.25, 0.3) is 5.91 Å². The number of anilines is 1. The van der Waals surface area contributed by atoms with Crippen LogP contribution in [0.25, 0.3) is 0 Å². The second-order valence-corrected chi connectivity index (χ2v) is 12.6. The van der Waals surface area contributed by atoms with Crippen LogP contribution in [-0.2, 0) is 17.8 Å². The van der Waals surface area contributed by atoms with Gasteiger partial charge in [-0.25, -0.2) is 4.98 Å². The monoisotopic (exact) mass is 563 g/mol. The maximum Gasteiger partial charge on any atom is 0.257 e. The van der Waals surface area contributed by atoms with E-state index in [-0.39, 0.29) is 42.1 Å². The number of nitrogens with zero attached hydrogens (tertiary/aromatic N) is 1. The number of amides is 2. The largest absolute Gasteiger partial charge is 0.497 e. The highest BCUT2D eigenvalue weighted by Crippen LogP contribution is 2.62.